The molecule has 3 aromatic rings. The lowest BCUT2D eigenvalue weighted by Gasteiger charge is -2.25. The molecule has 1 atom stereocenters. The quantitative estimate of drug-likeness (QED) is 0.213. The number of rotatable bonds is 4. The second-order valence-corrected chi connectivity index (χ2v) is 7.01. The number of halogens is 2. The highest BCUT2D eigenvalue weighted by molar-refractivity contribution is 6.51. The summed E-state index contributed by atoms with van der Waals surface area (Å²) in [5, 5.41) is 22.0. The maximum absolute atomic E-state index is 13.9. The number of nitrogens with zero attached hydrogens (tertiary/aromatic N) is 2. The van der Waals surface area contributed by atoms with Gasteiger partial charge < -0.3 is 5.11 Å². The molecular formula is C23H14F2N2O5. The number of benzene rings is 3. The minimum Gasteiger partial charge on any atom is -0.507 e. The molecule has 0 saturated carbocycles. The molecule has 1 heterocycles. The molecular weight excluding hydrogens is 422 g/mol. The predicted molar refractivity (Wildman–Crippen MR) is 111 cm³/mol. The Labute approximate surface area is 180 Å². The molecule has 0 aliphatic carbocycles. The Balaban J connectivity index is 1.95. The van der Waals surface area contributed by atoms with Crippen LogP contribution in [0, 0.1) is 21.7 Å². The van der Waals surface area contributed by atoms with E-state index in [2.05, 4.69) is 0 Å². The van der Waals surface area contributed by atoms with Gasteiger partial charge in [-0.25, -0.2) is 8.78 Å². The molecule has 1 saturated heterocycles. The highest BCUT2D eigenvalue weighted by atomic mass is 19.1. The number of ketones is 1. The summed E-state index contributed by atoms with van der Waals surface area (Å²) >= 11 is 0. The topological polar surface area (TPSA) is 101 Å². The van der Waals surface area contributed by atoms with Crippen molar-refractivity contribution < 1.29 is 28.4 Å². The number of non-ortho nitro benzene ring substituents is 1. The number of amides is 1. The molecule has 0 radical (unpaired) electrons. The smallest absolute Gasteiger partial charge is 0.300 e. The minimum atomic E-state index is -1.21. The summed E-state index contributed by atoms with van der Waals surface area (Å²) in [6.45, 7) is 0. The van der Waals surface area contributed by atoms with Gasteiger partial charge in [-0.1, -0.05) is 30.3 Å². The molecule has 9 heteroatoms. The van der Waals surface area contributed by atoms with E-state index in [1.807, 2.05) is 0 Å². The third-order valence-corrected chi connectivity index (χ3v) is 5.05. The van der Waals surface area contributed by atoms with Crippen molar-refractivity contribution in [3.05, 3.63) is 111 Å². The van der Waals surface area contributed by atoms with E-state index in [0.717, 1.165) is 35.2 Å². The lowest BCUT2D eigenvalue weighted by molar-refractivity contribution is -0.384. The van der Waals surface area contributed by atoms with Gasteiger partial charge in [0.25, 0.3) is 17.4 Å². The molecule has 160 valence electrons. The Morgan fingerprint density at radius 1 is 0.938 bits per heavy atom. The number of hydrogen-bond donors (Lipinski definition) is 1. The largest absolute Gasteiger partial charge is 0.507 e. The second kappa shape index (κ2) is 8.03. The van der Waals surface area contributed by atoms with E-state index in [4.69, 9.17) is 0 Å². The van der Waals surface area contributed by atoms with E-state index >= 15 is 0 Å². The van der Waals surface area contributed by atoms with Crippen molar-refractivity contribution >= 4 is 28.8 Å². The predicted octanol–water partition coefficient (Wildman–Crippen LogP) is 4.50. The molecule has 0 bridgehead atoms. The van der Waals surface area contributed by atoms with E-state index in [9.17, 15) is 33.6 Å². The maximum Gasteiger partial charge on any atom is 0.300 e. The van der Waals surface area contributed by atoms with E-state index < -0.39 is 40.0 Å². The summed E-state index contributed by atoms with van der Waals surface area (Å²) in [5.74, 6) is -3.94. The Hall–Kier alpha value is -4.40. The first-order valence-corrected chi connectivity index (χ1v) is 9.35. The van der Waals surface area contributed by atoms with E-state index in [1.165, 1.54) is 42.5 Å². The molecule has 3 aromatic carbocycles. The molecule has 32 heavy (non-hydrogen) atoms. The van der Waals surface area contributed by atoms with E-state index in [1.54, 1.807) is 0 Å². The van der Waals surface area contributed by atoms with Crippen LogP contribution >= 0.6 is 0 Å². The number of nitro groups is 1. The summed E-state index contributed by atoms with van der Waals surface area (Å²) in [6.07, 6.45) is 0. The van der Waals surface area contributed by atoms with E-state index in [-0.39, 0.29) is 28.1 Å². The summed E-state index contributed by atoms with van der Waals surface area (Å²) in [6, 6.07) is 13.6. The van der Waals surface area contributed by atoms with Crippen molar-refractivity contribution in [3.63, 3.8) is 0 Å². The third kappa shape index (κ3) is 3.60. The van der Waals surface area contributed by atoms with Crippen molar-refractivity contribution in [1.29, 1.82) is 0 Å². The van der Waals surface area contributed by atoms with Crippen molar-refractivity contribution in [2.24, 2.45) is 0 Å². The lowest BCUT2D eigenvalue weighted by atomic mass is 9.95. The number of carbonyl (C=O) groups excluding carboxylic acids is 2. The average molecular weight is 436 g/mol. The van der Waals surface area contributed by atoms with Crippen LogP contribution in [0.25, 0.3) is 5.76 Å². The number of hydrogen-bond acceptors (Lipinski definition) is 5. The van der Waals surface area contributed by atoms with Crippen LogP contribution in [0.5, 0.6) is 0 Å². The van der Waals surface area contributed by atoms with Gasteiger partial charge in [0.05, 0.1) is 16.5 Å². The van der Waals surface area contributed by atoms with E-state index in [0.29, 0.717) is 0 Å². The van der Waals surface area contributed by atoms with Gasteiger partial charge in [0.1, 0.15) is 17.4 Å². The van der Waals surface area contributed by atoms with Gasteiger partial charge in [0.2, 0.25) is 0 Å². The monoisotopic (exact) mass is 436 g/mol. The zero-order chi connectivity index (χ0) is 23.0. The number of nitro benzene ring substituents is 1. The van der Waals surface area contributed by atoms with Gasteiger partial charge in [-0.05, 0) is 35.9 Å². The van der Waals surface area contributed by atoms with Gasteiger partial charge in [-0.15, -0.1) is 0 Å². The van der Waals surface area contributed by atoms with Crippen LogP contribution in [0.3, 0.4) is 0 Å². The van der Waals surface area contributed by atoms with Crippen LogP contribution in [-0.4, -0.2) is 21.7 Å². The fourth-order valence-electron chi connectivity index (χ4n) is 3.61. The molecule has 1 amide bonds. The fraction of sp³-hybridized carbons (Fsp3) is 0.0435. The maximum atomic E-state index is 13.9. The first kappa shape index (κ1) is 20.9. The molecule has 1 N–H and O–H groups in total. The van der Waals surface area contributed by atoms with Crippen molar-refractivity contribution in [1.82, 2.24) is 0 Å². The van der Waals surface area contributed by atoms with Crippen LogP contribution in [0.2, 0.25) is 0 Å². The molecule has 4 rings (SSSR count). The summed E-state index contributed by atoms with van der Waals surface area (Å²) < 4.78 is 27.4. The minimum absolute atomic E-state index is 0.0523. The fourth-order valence-corrected chi connectivity index (χ4v) is 3.61. The number of aliphatic hydroxyl groups excluding tert-OH is 1. The van der Waals surface area contributed by atoms with Gasteiger partial charge in [-0.3, -0.25) is 24.6 Å². The van der Waals surface area contributed by atoms with Gasteiger partial charge in [0.15, 0.2) is 0 Å². The third-order valence-electron chi connectivity index (χ3n) is 5.05. The second-order valence-electron chi connectivity index (χ2n) is 7.01. The Morgan fingerprint density at radius 3 is 2.28 bits per heavy atom. The Morgan fingerprint density at radius 2 is 1.62 bits per heavy atom. The molecule has 1 aliphatic heterocycles. The highest BCUT2D eigenvalue weighted by Crippen LogP contribution is 2.42. The number of aliphatic hydroxyl groups is 1. The molecule has 1 unspecified atom stereocenters. The van der Waals surface area contributed by atoms with Gasteiger partial charge >= 0.3 is 0 Å². The number of Topliss-reactive ketones (excluding diaryl/α,β-unsaturated/α-hetero) is 1. The van der Waals surface area contributed by atoms with Gasteiger partial charge in [0, 0.05) is 23.4 Å². The molecule has 1 fully saturated rings. The molecule has 0 aromatic heterocycles. The number of anilines is 1. The van der Waals surface area contributed by atoms with Gasteiger partial charge in [-0.2, -0.15) is 0 Å². The highest BCUT2D eigenvalue weighted by Gasteiger charge is 2.47. The first-order valence-electron chi connectivity index (χ1n) is 9.35. The summed E-state index contributed by atoms with van der Waals surface area (Å²) in [4.78, 5) is 37.3. The SMILES string of the molecule is O=C1C(=O)N(c2cccc(F)c2)C(c2ccc(F)cc2)/C1=C(/O)c1cccc([N+](=O)[O-])c1. The zero-order valence-electron chi connectivity index (χ0n) is 16.2. The van der Waals surface area contributed by atoms with Crippen molar-refractivity contribution in [2.75, 3.05) is 4.90 Å². The normalized spacial score (nSPS) is 17.6. The zero-order valence-corrected chi connectivity index (χ0v) is 16.2. The molecule has 7 nitrogen and oxygen atoms in total. The van der Waals surface area contributed by atoms with Crippen LogP contribution in [0.4, 0.5) is 20.2 Å². The van der Waals surface area contributed by atoms with Crippen LogP contribution in [0.15, 0.2) is 78.4 Å². The van der Waals surface area contributed by atoms with Crippen LogP contribution < -0.4 is 4.90 Å². The van der Waals surface area contributed by atoms with Crippen LogP contribution in [-0.2, 0) is 9.59 Å². The Bertz CT molecular complexity index is 1290. The molecule has 1 aliphatic rings. The first-order chi connectivity index (χ1) is 15.3. The molecule has 0 spiro atoms. The van der Waals surface area contributed by atoms with Crippen molar-refractivity contribution in [3.8, 4) is 0 Å². The number of carbonyl (C=O) groups is 2. The summed E-state index contributed by atoms with van der Waals surface area (Å²) in [5.41, 5.74) is -0.400. The Kier molecular flexibility index (Phi) is 5.23. The lowest BCUT2D eigenvalue weighted by Crippen LogP contribution is -2.29. The van der Waals surface area contributed by atoms with Crippen molar-refractivity contribution in [2.45, 2.75) is 6.04 Å². The summed E-state index contributed by atoms with van der Waals surface area (Å²) in [7, 11) is 0. The average Bonchev–Trinajstić information content (AvgIpc) is 3.04. The standard InChI is InChI=1S/C23H14F2N2O5/c24-15-9-7-13(8-10-15)20-19(21(28)14-3-1-6-18(11-14)27(31)32)22(29)23(30)26(20)17-5-2-4-16(25)12-17/h1-12,20,28H/b21-19-. The van der Waals surface area contributed by atoms with Crippen LogP contribution in [0.1, 0.15) is 17.2 Å².